The Bertz CT molecular complexity index is 1300. The monoisotopic (exact) mass is 695 g/mol. The fourth-order valence-electron chi connectivity index (χ4n) is 13.0. The predicted molar refractivity (Wildman–Crippen MR) is 197 cm³/mol. The Morgan fingerprint density at radius 1 is 0.920 bits per heavy atom. The molecular formula is C43H70N2O5. The molecule has 50 heavy (non-hydrogen) atoms. The number of rotatable bonds is 10. The standard InChI is InChI=1S/C43H70N2O5/c1-28-16-20-42(8)31-18-22-43(38(49)44-35-25-33(40(35,5)6)37(48)45-23-10-9-11-24-45)19-12-13-32(43)30(31)14-15-34(42)41(28,7)21-17-29(2)50-36(47)26-39(3,4)27-46/h27-35H,9-26H2,1-8H3,(H,44,49). The number of nitrogens with zero attached hydrogens (tertiary/aromatic N) is 1. The van der Waals surface area contributed by atoms with Crippen molar-refractivity contribution in [3.05, 3.63) is 0 Å². The molecule has 0 aromatic carbocycles. The number of likely N-dealkylation sites (tertiary alicyclic amines) is 1. The van der Waals surface area contributed by atoms with Crippen molar-refractivity contribution >= 4 is 24.1 Å². The zero-order chi connectivity index (χ0) is 36.3. The first-order valence-corrected chi connectivity index (χ1v) is 20.7. The number of carbonyl (C=O) groups excluding carboxylic acids is 4. The summed E-state index contributed by atoms with van der Waals surface area (Å²) >= 11 is 0. The van der Waals surface area contributed by atoms with Crippen LogP contribution in [-0.2, 0) is 23.9 Å². The number of esters is 1. The Morgan fingerprint density at radius 2 is 1.64 bits per heavy atom. The molecule has 1 aliphatic heterocycles. The summed E-state index contributed by atoms with van der Waals surface area (Å²) in [6, 6.07) is 0.0778. The molecule has 6 fully saturated rings. The molecule has 0 spiro atoms. The Labute approximate surface area is 303 Å². The highest BCUT2D eigenvalue weighted by atomic mass is 16.5. The topological polar surface area (TPSA) is 92.8 Å². The number of hydrogen-bond donors (Lipinski definition) is 1. The van der Waals surface area contributed by atoms with Crippen LogP contribution in [0.2, 0.25) is 0 Å². The molecule has 11 unspecified atom stereocenters. The van der Waals surface area contributed by atoms with Crippen molar-refractivity contribution in [2.45, 2.75) is 170 Å². The lowest BCUT2D eigenvalue weighted by molar-refractivity contribution is -0.175. The van der Waals surface area contributed by atoms with Gasteiger partial charge in [-0.25, -0.2) is 0 Å². The molecule has 282 valence electrons. The van der Waals surface area contributed by atoms with Gasteiger partial charge in [0.15, 0.2) is 0 Å². The van der Waals surface area contributed by atoms with Crippen LogP contribution < -0.4 is 5.32 Å². The van der Waals surface area contributed by atoms with Crippen molar-refractivity contribution in [1.82, 2.24) is 10.2 Å². The molecular weight excluding hydrogens is 624 g/mol. The minimum absolute atomic E-state index is 0.0152. The highest BCUT2D eigenvalue weighted by Crippen LogP contribution is 2.70. The van der Waals surface area contributed by atoms with E-state index < -0.39 is 5.41 Å². The van der Waals surface area contributed by atoms with Crippen molar-refractivity contribution in [2.24, 2.45) is 62.6 Å². The maximum atomic E-state index is 14.5. The van der Waals surface area contributed by atoms with Crippen molar-refractivity contribution < 1.29 is 23.9 Å². The summed E-state index contributed by atoms with van der Waals surface area (Å²) in [6.07, 6.45) is 17.4. The van der Waals surface area contributed by atoms with E-state index in [-0.39, 0.29) is 52.1 Å². The average Bonchev–Trinajstić information content (AvgIpc) is 3.53. The van der Waals surface area contributed by atoms with E-state index in [1.165, 1.54) is 38.5 Å². The predicted octanol–water partition coefficient (Wildman–Crippen LogP) is 8.52. The lowest BCUT2D eigenvalue weighted by atomic mass is 9.39. The third-order valence-corrected chi connectivity index (χ3v) is 16.6. The van der Waals surface area contributed by atoms with Crippen molar-refractivity contribution in [3.63, 3.8) is 0 Å². The Morgan fingerprint density at radius 3 is 2.32 bits per heavy atom. The molecule has 5 saturated carbocycles. The van der Waals surface area contributed by atoms with Gasteiger partial charge in [0.2, 0.25) is 11.8 Å². The maximum Gasteiger partial charge on any atom is 0.307 e. The van der Waals surface area contributed by atoms with Gasteiger partial charge in [0.25, 0.3) is 0 Å². The fourth-order valence-corrected chi connectivity index (χ4v) is 13.0. The summed E-state index contributed by atoms with van der Waals surface area (Å²) in [7, 11) is 0. The molecule has 1 N–H and O–H groups in total. The quantitative estimate of drug-likeness (QED) is 0.183. The van der Waals surface area contributed by atoms with Crippen LogP contribution in [0, 0.1) is 62.6 Å². The van der Waals surface area contributed by atoms with E-state index in [1.807, 2.05) is 6.92 Å². The van der Waals surface area contributed by atoms with E-state index in [0.717, 1.165) is 77.2 Å². The van der Waals surface area contributed by atoms with E-state index >= 15 is 0 Å². The van der Waals surface area contributed by atoms with E-state index in [9.17, 15) is 19.2 Å². The minimum atomic E-state index is -0.692. The largest absolute Gasteiger partial charge is 0.463 e. The van der Waals surface area contributed by atoms with Crippen LogP contribution in [0.3, 0.4) is 0 Å². The molecule has 7 nitrogen and oxygen atoms in total. The molecule has 1 saturated heterocycles. The van der Waals surface area contributed by atoms with Crippen LogP contribution in [-0.4, -0.2) is 54.2 Å². The van der Waals surface area contributed by atoms with E-state index in [0.29, 0.717) is 41.4 Å². The van der Waals surface area contributed by atoms with Gasteiger partial charge >= 0.3 is 5.97 Å². The Balaban J connectivity index is 1.10. The summed E-state index contributed by atoms with van der Waals surface area (Å²) in [5.41, 5.74) is -0.696. The van der Waals surface area contributed by atoms with Gasteiger partial charge in [-0.15, -0.1) is 0 Å². The second-order valence-electron chi connectivity index (χ2n) is 20.2. The number of hydrogen-bond acceptors (Lipinski definition) is 5. The van der Waals surface area contributed by atoms with Gasteiger partial charge in [0, 0.05) is 30.5 Å². The molecule has 7 heteroatoms. The van der Waals surface area contributed by atoms with Crippen LogP contribution >= 0.6 is 0 Å². The van der Waals surface area contributed by atoms with Crippen LogP contribution in [0.25, 0.3) is 0 Å². The summed E-state index contributed by atoms with van der Waals surface area (Å²) in [5.74, 6) is 3.33. The van der Waals surface area contributed by atoms with Gasteiger partial charge in [0.05, 0.1) is 17.9 Å². The average molecular weight is 695 g/mol. The second kappa shape index (κ2) is 13.8. The van der Waals surface area contributed by atoms with Crippen LogP contribution in [0.15, 0.2) is 0 Å². The van der Waals surface area contributed by atoms with Crippen molar-refractivity contribution in [2.75, 3.05) is 13.1 Å². The number of aldehydes is 1. The smallest absolute Gasteiger partial charge is 0.307 e. The molecule has 0 aromatic rings. The molecule has 6 rings (SSSR count). The number of ether oxygens (including phenoxy) is 1. The van der Waals surface area contributed by atoms with E-state index in [1.54, 1.807) is 13.8 Å². The molecule has 0 radical (unpaired) electrons. The van der Waals surface area contributed by atoms with E-state index in [2.05, 4.69) is 44.8 Å². The SMILES string of the molecule is CC(CCC1(C)C(C)CCC2(C)C3CCC4(C(=O)NC5CC(C(=O)N6CCCCC6)C5(C)C)CCCC4C3CCC12)OC(=O)CC(C)(C)C=O. The lowest BCUT2D eigenvalue weighted by Gasteiger charge is -2.65. The number of fused-ring (bicyclic) bond motifs is 5. The summed E-state index contributed by atoms with van der Waals surface area (Å²) < 4.78 is 5.83. The molecule has 2 amide bonds. The van der Waals surface area contributed by atoms with Gasteiger partial charge in [-0.05, 0) is 143 Å². The Kier molecular flexibility index (Phi) is 10.4. The van der Waals surface area contributed by atoms with Crippen LogP contribution in [0.5, 0.6) is 0 Å². The number of amides is 2. The molecule has 0 bridgehead atoms. The first kappa shape index (κ1) is 37.8. The zero-order valence-corrected chi connectivity index (χ0v) is 32.9. The third-order valence-electron chi connectivity index (χ3n) is 16.6. The Hall–Kier alpha value is -1.92. The first-order valence-electron chi connectivity index (χ1n) is 20.7. The lowest BCUT2D eigenvalue weighted by Crippen LogP contribution is -2.65. The van der Waals surface area contributed by atoms with Crippen molar-refractivity contribution in [3.8, 4) is 0 Å². The molecule has 0 aromatic heterocycles. The van der Waals surface area contributed by atoms with Gasteiger partial charge in [-0.1, -0.05) is 54.9 Å². The number of carbonyl (C=O) groups is 4. The number of nitrogens with one attached hydrogen (secondary N) is 1. The van der Waals surface area contributed by atoms with Crippen molar-refractivity contribution in [1.29, 1.82) is 0 Å². The van der Waals surface area contributed by atoms with Gasteiger partial charge in [-0.2, -0.15) is 0 Å². The maximum absolute atomic E-state index is 14.5. The first-order chi connectivity index (χ1) is 23.5. The highest BCUT2D eigenvalue weighted by molar-refractivity contribution is 5.85. The summed E-state index contributed by atoms with van der Waals surface area (Å²) in [4.78, 5) is 54.0. The zero-order valence-electron chi connectivity index (χ0n) is 32.9. The fraction of sp³-hybridized carbons (Fsp3) is 0.907. The highest BCUT2D eigenvalue weighted by Gasteiger charge is 2.65. The molecule has 5 aliphatic carbocycles. The molecule has 11 atom stereocenters. The number of piperidine rings is 1. The second-order valence-corrected chi connectivity index (χ2v) is 20.2. The van der Waals surface area contributed by atoms with Crippen LogP contribution in [0.4, 0.5) is 0 Å². The minimum Gasteiger partial charge on any atom is -0.463 e. The van der Waals surface area contributed by atoms with Gasteiger partial charge < -0.3 is 19.7 Å². The van der Waals surface area contributed by atoms with E-state index in [4.69, 9.17) is 4.74 Å². The molecule has 6 aliphatic rings. The van der Waals surface area contributed by atoms with Gasteiger partial charge in [0.1, 0.15) is 6.29 Å². The third kappa shape index (κ3) is 6.49. The molecule has 1 heterocycles. The van der Waals surface area contributed by atoms with Crippen LogP contribution in [0.1, 0.15) is 158 Å². The van der Waals surface area contributed by atoms with Gasteiger partial charge in [-0.3, -0.25) is 14.4 Å². The summed E-state index contributed by atoms with van der Waals surface area (Å²) in [5, 5.41) is 3.60. The summed E-state index contributed by atoms with van der Waals surface area (Å²) in [6.45, 7) is 19.4. The normalized spacial score (nSPS) is 41.4.